The van der Waals surface area contributed by atoms with Crippen molar-refractivity contribution in [3.8, 4) is 5.69 Å². The Morgan fingerprint density at radius 3 is 2.69 bits per heavy atom. The van der Waals surface area contributed by atoms with Crippen LogP contribution in [0.15, 0.2) is 86.6 Å². The molecule has 2 atom stereocenters. The number of hydrazone groups is 1. The SMILES string of the molecule is C=C(C)C1=NN(Cc2cc3cccc(C)c3c(=O)n2-c2ccccc2)C2N=CN=C(N)C12. The molecule has 0 bridgehead atoms. The van der Waals surface area contributed by atoms with Gasteiger partial charge in [0.2, 0.25) is 0 Å². The molecule has 0 fully saturated rings. The largest absolute Gasteiger partial charge is 0.386 e. The van der Waals surface area contributed by atoms with Gasteiger partial charge >= 0.3 is 0 Å². The average molecular weight is 425 g/mol. The van der Waals surface area contributed by atoms with Gasteiger partial charge < -0.3 is 5.73 Å². The summed E-state index contributed by atoms with van der Waals surface area (Å²) >= 11 is 0. The van der Waals surface area contributed by atoms with Crippen molar-refractivity contribution in [1.29, 1.82) is 0 Å². The zero-order valence-electron chi connectivity index (χ0n) is 18.1. The van der Waals surface area contributed by atoms with Gasteiger partial charge in [0.25, 0.3) is 5.56 Å². The van der Waals surface area contributed by atoms with Gasteiger partial charge in [-0.15, -0.1) is 0 Å². The van der Waals surface area contributed by atoms with Gasteiger partial charge in [-0.25, -0.2) is 9.98 Å². The number of amidine groups is 1. The molecule has 2 aliphatic rings. The van der Waals surface area contributed by atoms with Crippen LogP contribution in [0.1, 0.15) is 18.2 Å². The van der Waals surface area contributed by atoms with Gasteiger partial charge in [-0.05, 0) is 48.6 Å². The van der Waals surface area contributed by atoms with Gasteiger partial charge in [-0.3, -0.25) is 14.4 Å². The normalized spacial score (nSPS) is 19.6. The third-order valence-electron chi connectivity index (χ3n) is 5.99. The molecule has 3 aromatic rings. The molecule has 7 nitrogen and oxygen atoms in total. The first-order chi connectivity index (χ1) is 15.5. The van der Waals surface area contributed by atoms with E-state index in [4.69, 9.17) is 10.8 Å². The molecule has 0 saturated heterocycles. The van der Waals surface area contributed by atoms with Crippen LogP contribution in [-0.4, -0.2) is 33.6 Å². The molecule has 32 heavy (non-hydrogen) atoms. The standard InChI is InChI=1S/C25H24N6O/c1-15(2)22-21-23(26)27-14-28-24(21)30(29-22)13-19-12-17-9-7-8-16(3)20(17)25(32)31(19)18-10-5-4-6-11-18/h4-12,14,21,24H,1,13H2,2-3H3,(H2,26,27,28). The Labute approximate surface area is 185 Å². The van der Waals surface area contributed by atoms with Gasteiger partial charge in [-0.2, -0.15) is 5.10 Å². The molecule has 160 valence electrons. The summed E-state index contributed by atoms with van der Waals surface area (Å²) in [5.74, 6) is 0.237. The smallest absolute Gasteiger partial charge is 0.263 e. The molecular weight excluding hydrogens is 400 g/mol. The van der Waals surface area contributed by atoms with Gasteiger partial charge in [-0.1, -0.05) is 43.0 Å². The van der Waals surface area contributed by atoms with E-state index in [9.17, 15) is 4.79 Å². The van der Waals surface area contributed by atoms with E-state index in [-0.39, 0.29) is 17.6 Å². The Kier molecular flexibility index (Phi) is 4.74. The second kappa shape index (κ2) is 7.60. The second-order valence-corrected chi connectivity index (χ2v) is 8.22. The minimum Gasteiger partial charge on any atom is -0.386 e. The van der Waals surface area contributed by atoms with Gasteiger partial charge in [0.05, 0.1) is 17.6 Å². The number of hydrogen-bond donors (Lipinski definition) is 1. The van der Waals surface area contributed by atoms with Gasteiger partial charge in [0.15, 0.2) is 6.17 Å². The molecule has 2 aliphatic heterocycles. The summed E-state index contributed by atoms with van der Waals surface area (Å²) < 4.78 is 1.77. The van der Waals surface area contributed by atoms with Gasteiger partial charge in [0.1, 0.15) is 18.1 Å². The highest BCUT2D eigenvalue weighted by Gasteiger charge is 2.41. The first kappa shape index (κ1) is 19.9. The molecule has 1 aromatic heterocycles. The third kappa shape index (κ3) is 3.13. The van der Waals surface area contributed by atoms with E-state index in [2.05, 4.69) is 22.6 Å². The number of nitrogens with zero attached hydrogens (tertiary/aromatic N) is 5. The van der Waals surface area contributed by atoms with Crippen molar-refractivity contribution in [2.24, 2.45) is 26.7 Å². The molecule has 0 radical (unpaired) electrons. The number of aromatic nitrogens is 1. The summed E-state index contributed by atoms with van der Waals surface area (Å²) in [7, 11) is 0. The van der Waals surface area contributed by atoms with Crippen molar-refractivity contribution in [2.75, 3.05) is 0 Å². The molecule has 7 heteroatoms. The molecular formula is C25H24N6O. The van der Waals surface area contributed by atoms with E-state index in [1.165, 1.54) is 6.34 Å². The lowest BCUT2D eigenvalue weighted by molar-refractivity contribution is 0.210. The van der Waals surface area contributed by atoms with Crippen LogP contribution in [0, 0.1) is 12.8 Å². The maximum Gasteiger partial charge on any atom is 0.263 e. The molecule has 2 aromatic carbocycles. The van der Waals surface area contributed by atoms with Crippen molar-refractivity contribution in [3.63, 3.8) is 0 Å². The van der Waals surface area contributed by atoms with Crippen LogP contribution < -0.4 is 11.3 Å². The Hall–Kier alpha value is -4.00. The molecule has 5 rings (SSSR count). The van der Waals surface area contributed by atoms with Crippen molar-refractivity contribution >= 4 is 28.7 Å². The molecule has 3 heterocycles. The first-order valence-electron chi connectivity index (χ1n) is 10.5. The number of benzene rings is 2. The summed E-state index contributed by atoms with van der Waals surface area (Å²) in [5.41, 5.74) is 10.3. The Bertz CT molecular complexity index is 1380. The molecule has 0 aliphatic carbocycles. The second-order valence-electron chi connectivity index (χ2n) is 8.22. The monoisotopic (exact) mass is 424 g/mol. The van der Waals surface area contributed by atoms with Crippen LogP contribution >= 0.6 is 0 Å². The van der Waals surface area contributed by atoms with Crippen molar-refractivity contribution in [1.82, 2.24) is 9.58 Å². The van der Waals surface area contributed by atoms with Crippen molar-refractivity contribution in [3.05, 3.63) is 88.4 Å². The van der Waals surface area contributed by atoms with Crippen molar-refractivity contribution < 1.29 is 0 Å². The number of para-hydroxylation sites is 1. The van der Waals surface area contributed by atoms with Crippen LogP contribution in [-0.2, 0) is 6.54 Å². The summed E-state index contributed by atoms with van der Waals surface area (Å²) in [4.78, 5) is 22.4. The Morgan fingerprint density at radius 2 is 1.94 bits per heavy atom. The third-order valence-corrected chi connectivity index (χ3v) is 5.99. The molecule has 0 amide bonds. The van der Waals surface area contributed by atoms with Gasteiger partial charge in [0, 0.05) is 11.4 Å². The molecule has 0 saturated carbocycles. The Balaban J connectivity index is 1.68. The van der Waals surface area contributed by atoms with Crippen LogP contribution in [0.3, 0.4) is 0 Å². The van der Waals surface area contributed by atoms with E-state index in [1.54, 1.807) is 4.57 Å². The van der Waals surface area contributed by atoms with E-state index < -0.39 is 0 Å². The summed E-state index contributed by atoms with van der Waals surface area (Å²) in [6.07, 6.45) is 1.17. The molecule has 2 unspecified atom stereocenters. The highest BCUT2D eigenvalue weighted by molar-refractivity contribution is 6.16. The summed E-state index contributed by atoms with van der Waals surface area (Å²) in [5, 5.41) is 8.31. The number of allylic oxidation sites excluding steroid dienone is 1. The lowest BCUT2D eigenvalue weighted by Crippen LogP contribution is -2.42. The zero-order chi connectivity index (χ0) is 22.4. The summed E-state index contributed by atoms with van der Waals surface area (Å²) in [6, 6.07) is 17.6. The predicted octanol–water partition coefficient (Wildman–Crippen LogP) is 3.39. The topological polar surface area (TPSA) is 88.3 Å². The number of fused-ring (bicyclic) bond motifs is 2. The van der Waals surface area contributed by atoms with Crippen LogP contribution in [0.4, 0.5) is 0 Å². The average Bonchev–Trinajstić information content (AvgIpc) is 3.14. The molecule has 2 N–H and O–H groups in total. The fraction of sp³-hybridized carbons (Fsp3) is 0.200. The first-order valence-corrected chi connectivity index (χ1v) is 10.5. The maximum atomic E-state index is 13.7. The highest BCUT2D eigenvalue weighted by Crippen LogP contribution is 2.30. The number of rotatable bonds is 4. The van der Waals surface area contributed by atoms with E-state index in [1.807, 2.05) is 67.4 Å². The molecule has 0 spiro atoms. The number of aryl methyl sites for hydroxylation is 1. The van der Waals surface area contributed by atoms with Crippen molar-refractivity contribution in [2.45, 2.75) is 26.6 Å². The number of pyridine rings is 1. The van der Waals surface area contributed by atoms with E-state index >= 15 is 0 Å². The zero-order valence-corrected chi connectivity index (χ0v) is 18.1. The fourth-order valence-electron chi connectivity index (χ4n) is 4.49. The highest BCUT2D eigenvalue weighted by atomic mass is 16.1. The van der Waals surface area contributed by atoms with Crippen LogP contribution in [0.25, 0.3) is 16.5 Å². The lowest BCUT2D eigenvalue weighted by Gasteiger charge is -2.27. The van der Waals surface area contributed by atoms with E-state index in [0.29, 0.717) is 12.4 Å². The quantitative estimate of drug-likeness (QED) is 0.696. The summed E-state index contributed by atoms with van der Waals surface area (Å²) in [6.45, 7) is 8.32. The van der Waals surface area contributed by atoms with Crippen LogP contribution in [0.2, 0.25) is 0 Å². The predicted molar refractivity (Wildman–Crippen MR) is 129 cm³/mol. The Morgan fingerprint density at radius 1 is 1.16 bits per heavy atom. The number of hydrogen-bond acceptors (Lipinski definition) is 6. The minimum absolute atomic E-state index is 0.0464. The maximum absolute atomic E-state index is 13.7. The minimum atomic E-state index is -0.313. The number of nitrogens with two attached hydrogens (primary N) is 1. The fourth-order valence-corrected chi connectivity index (χ4v) is 4.49. The van der Waals surface area contributed by atoms with E-state index in [0.717, 1.165) is 39.0 Å². The van der Waals surface area contributed by atoms with Crippen LogP contribution in [0.5, 0.6) is 0 Å². The lowest BCUT2D eigenvalue weighted by atomic mass is 9.95. The number of aliphatic imine (C=N–C) groups is 2.